The van der Waals surface area contributed by atoms with Crippen LogP contribution in [-0.4, -0.2) is 28.5 Å². The third-order valence-electron chi connectivity index (χ3n) is 4.24. The topological polar surface area (TPSA) is 72.9 Å². The molecule has 1 amide bonds. The molecule has 2 rings (SSSR count). The zero-order valence-electron chi connectivity index (χ0n) is 11.7. The van der Waals surface area contributed by atoms with E-state index in [1.165, 1.54) is 6.42 Å². The first-order chi connectivity index (χ1) is 9.18. The van der Waals surface area contributed by atoms with Gasteiger partial charge in [-0.3, -0.25) is 4.79 Å². The van der Waals surface area contributed by atoms with Gasteiger partial charge in [0, 0.05) is 39.0 Å². The van der Waals surface area contributed by atoms with E-state index in [9.17, 15) is 4.79 Å². The molecule has 1 aromatic rings. The molecule has 1 heterocycles. The maximum absolute atomic E-state index is 12.3. The summed E-state index contributed by atoms with van der Waals surface area (Å²) in [6.07, 6.45) is 9.76. The number of aryl methyl sites for hydroxylation is 1. The first-order valence-electron chi connectivity index (χ1n) is 7.12. The van der Waals surface area contributed by atoms with Crippen LogP contribution in [0.5, 0.6) is 0 Å². The molecule has 19 heavy (non-hydrogen) atoms. The Bertz CT molecular complexity index is 421. The Labute approximate surface area is 114 Å². The molecule has 0 aliphatic heterocycles. The Morgan fingerprint density at radius 1 is 1.47 bits per heavy atom. The number of hydrogen-bond acceptors (Lipinski definition) is 3. The lowest BCUT2D eigenvalue weighted by Crippen LogP contribution is -2.47. The van der Waals surface area contributed by atoms with Crippen molar-refractivity contribution < 1.29 is 4.79 Å². The van der Waals surface area contributed by atoms with Crippen LogP contribution in [0.15, 0.2) is 12.4 Å². The standard InChI is InChI=1S/C14H24N4O/c1-18-10-9-16-12(18)5-8-17-13(19)14(11-15)6-3-2-4-7-14/h9-10H,2-8,11,15H2,1H3,(H,17,19). The fraction of sp³-hybridized carbons (Fsp3) is 0.714. The molecule has 3 N–H and O–H groups in total. The van der Waals surface area contributed by atoms with Crippen molar-refractivity contribution in [2.24, 2.45) is 18.2 Å². The number of amides is 1. The second kappa shape index (κ2) is 6.19. The van der Waals surface area contributed by atoms with Gasteiger partial charge in [0.05, 0.1) is 5.41 Å². The highest BCUT2D eigenvalue weighted by atomic mass is 16.2. The summed E-state index contributed by atoms with van der Waals surface area (Å²) >= 11 is 0. The van der Waals surface area contributed by atoms with E-state index in [1.54, 1.807) is 6.20 Å². The summed E-state index contributed by atoms with van der Waals surface area (Å²) in [5.41, 5.74) is 5.53. The minimum Gasteiger partial charge on any atom is -0.355 e. The van der Waals surface area contributed by atoms with Gasteiger partial charge in [-0.25, -0.2) is 4.98 Å². The average molecular weight is 264 g/mol. The molecule has 1 aromatic heterocycles. The molecule has 0 aromatic carbocycles. The maximum atomic E-state index is 12.3. The van der Waals surface area contributed by atoms with Gasteiger partial charge in [0.1, 0.15) is 5.82 Å². The lowest BCUT2D eigenvalue weighted by atomic mass is 9.73. The van der Waals surface area contributed by atoms with Gasteiger partial charge in [0.15, 0.2) is 0 Å². The average Bonchev–Trinajstić information content (AvgIpc) is 2.85. The molecule has 0 radical (unpaired) electrons. The van der Waals surface area contributed by atoms with E-state index in [0.717, 1.165) is 37.9 Å². The van der Waals surface area contributed by atoms with Gasteiger partial charge in [-0.1, -0.05) is 19.3 Å². The van der Waals surface area contributed by atoms with Crippen LogP contribution in [0.4, 0.5) is 0 Å². The molecular weight excluding hydrogens is 240 g/mol. The van der Waals surface area contributed by atoms with Crippen molar-refractivity contribution in [1.29, 1.82) is 0 Å². The molecule has 0 spiro atoms. The van der Waals surface area contributed by atoms with E-state index in [4.69, 9.17) is 5.73 Å². The molecule has 1 saturated carbocycles. The number of nitrogens with two attached hydrogens (primary N) is 1. The number of carbonyl (C=O) groups is 1. The number of nitrogens with zero attached hydrogens (tertiary/aromatic N) is 2. The zero-order chi connectivity index (χ0) is 13.7. The molecule has 5 nitrogen and oxygen atoms in total. The molecule has 0 bridgehead atoms. The second-order valence-corrected chi connectivity index (χ2v) is 5.51. The van der Waals surface area contributed by atoms with E-state index in [1.807, 2.05) is 17.8 Å². The van der Waals surface area contributed by atoms with Crippen LogP contribution >= 0.6 is 0 Å². The van der Waals surface area contributed by atoms with Crippen molar-refractivity contribution >= 4 is 5.91 Å². The molecule has 5 heteroatoms. The van der Waals surface area contributed by atoms with Crippen molar-refractivity contribution in [3.63, 3.8) is 0 Å². The van der Waals surface area contributed by atoms with Crippen LogP contribution in [-0.2, 0) is 18.3 Å². The van der Waals surface area contributed by atoms with Gasteiger partial charge in [-0.15, -0.1) is 0 Å². The van der Waals surface area contributed by atoms with Crippen molar-refractivity contribution in [2.75, 3.05) is 13.1 Å². The summed E-state index contributed by atoms with van der Waals surface area (Å²) < 4.78 is 1.98. The van der Waals surface area contributed by atoms with Crippen LogP contribution in [0.3, 0.4) is 0 Å². The van der Waals surface area contributed by atoms with E-state index in [0.29, 0.717) is 13.1 Å². The van der Waals surface area contributed by atoms with Crippen LogP contribution in [0.25, 0.3) is 0 Å². The highest BCUT2D eigenvalue weighted by Gasteiger charge is 2.37. The first kappa shape index (κ1) is 14.1. The van der Waals surface area contributed by atoms with Crippen molar-refractivity contribution in [3.8, 4) is 0 Å². The number of rotatable bonds is 5. The van der Waals surface area contributed by atoms with E-state index in [2.05, 4.69) is 10.3 Å². The minimum absolute atomic E-state index is 0.129. The van der Waals surface area contributed by atoms with Crippen molar-refractivity contribution in [2.45, 2.75) is 38.5 Å². The van der Waals surface area contributed by atoms with E-state index >= 15 is 0 Å². The Morgan fingerprint density at radius 3 is 2.79 bits per heavy atom. The SMILES string of the molecule is Cn1ccnc1CCNC(=O)C1(CN)CCCCC1. The van der Waals surface area contributed by atoms with E-state index in [-0.39, 0.29) is 11.3 Å². The van der Waals surface area contributed by atoms with Gasteiger partial charge in [0.2, 0.25) is 5.91 Å². The second-order valence-electron chi connectivity index (χ2n) is 5.51. The number of aromatic nitrogens is 2. The number of hydrogen-bond donors (Lipinski definition) is 2. The zero-order valence-corrected chi connectivity index (χ0v) is 11.7. The van der Waals surface area contributed by atoms with Gasteiger partial charge >= 0.3 is 0 Å². The summed E-state index contributed by atoms with van der Waals surface area (Å²) in [6, 6.07) is 0. The molecule has 1 aliphatic rings. The third-order valence-corrected chi connectivity index (χ3v) is 4.24. The predicted molar refractivity (Wildman–Crippen MR) is 74.5 cm³/mol. The minimum atomic E-state index is -0.320. The van der Waals surface area contributed by atoms with Crippen LogP contribution in [0.2, 0.25) is 0 Å². The largest absolute Gasteiger partial charge is 0.355 e. The molecule has 1 aliphatic carbocycles. The fourth-order valence-electron chi connectivity index (χ4n) is 2.87. The highest BCUT2D eigenvalue weighted by molar-refractivity contribution is 5.83. The Hall–Kier alpha value is -1.36. The lowest BCUT2D eigenvalue weighted by molar-refractivity contribution is -0.132. The summed E-state index contributed by atoms with van der Waals surface area (Å²) in [4.78, 5) is 16.6. The smallest absolute Gasteiger partial charge is 0.227 e. The summed E-state index contributed by atoms with van der Waals surface area (Å²) in [6.45, 7) is 1.09. The summed E-state index contributed by atoms with van der Waals surface area (Å²) in [5.74, 6) is 1.12. The van der Waals surface area contributed by atoms with Gasteiger partial charge in [-0.05, 0) is 12.8 Å². The van der Waals surface area contributed by atoms with Gasteiger partial charge in [-0.2, -0.15) is 0 Å². The fourth-order valence-corrected chi connectivity index (χ4v) is 2.87. The molecule has 0 atom stereocenters. The Balaban J connectivity index is 1.84. The molecule has 106 valence electrons. The van der Waals surface area contributed by atoms with Crippen molar-refractivity contribution in [1.82, 2.24) is 14.9 Å². The van der Waals surface area contributed by atoms with Gasteiger partial charge in [0.25, 0.3) is 0 Å². The molecular formula is C14H24N4O. The number of nitrogens with one attached hydrogen (secondary N) is 1. The van der Waals surface area contributed by atoms with Crippen molar-refractivity contribution in [3.05, 3.63) is 18.2 Å². The van der Waals surface area contributed by atoms with Crippen LogP contribution < -0.4 is 11.1 Å². The monoisotopic (exact) mass is 264 g/mol. The Morgan fingerprint density at radius 2 is 2.21 bits per heavy atom. The summed E-state index contributed by atoms with van der Waals surface area (Å²) in [5, 5.41) is 3.04. The van der Waals surface area contributed by atoms with E-state index < -0.39 is 0 Å². The maximum Gasteiger partial charge on any atom is 0.227 e. The quantitative estimate of drug-likeness (QED) is 0.833. The normalized spacial score (nSPS) is 18.2. The third kappa shape index (κ3) is 3.15. The summed E-state index contributed by atoms with van der Waals surface area (Å²) in [7, 11) is 1.96. The number of imidazole rings is 1. The molecule has 0 saturated heterocycles. The van der Waals surface area contributed by atoms with Crippen LogP contribution in [0.1, 0.15) is 37.9 Å². The first-order valence-corrected chi connectivity index (χ1v) is 7.12. The predicted octanol–water partition coefficient (Wildman–Crippen LogP) is 0.988. The van der Waals surface area contributed by atoms with Crippen LogP contribution in [0, 0.1) is 5.41 Å². The lowest BCUT2D eigenvalue weighted by Gasteiger charge is -2.34. The molecule has 0 unspecified atom stereocenters. The Kier molecular flexibility index (Phi) is 4.58. The highest BCUT2D eigenvalue weighted by Crippen LogP contribution is 2.35. The van der Waals surface area contributed by atoms with Gasteiger partial charge < -0.3 is 15.6 Å². The molecule has 1 fully saturated rings. The number of carbonyl (C=O) groups excluding carboxylic acids is 1.